The van der Waals surface area contributed by atoms with Crippen LogP contribution in [0.2, 0.25) is 0 Å². The van der Waals surface area contributed by atoms with Gasteiger partial charge in [-0.3, -0.25) is 0 Å². The molecule has 2 aromatic carbocycles. The molecule has 0 saturated carbocycles. The van der Waals surface area contributed by atoms with E-state index in [1.807, 2.05) is 0 Å². The van der Waals surface area contributed by atoms with Crippen LogP contribution < -0.4 is 4.18 Å². The Labute approximate surface area is 113 Å². The highest BCUT2D eigenvalue weighted by Crippen LogP contribution is 2.23. The van der Waals surface area contributed by atoms with Crippen LogP contribution in [0.15, 0.2) is 41.3 Å². The molecule has 0 heterocycles. The zero-order valence-electron chi connectivity index (χ0n) is 10.2. The number of benzene rings is 2. The van der Waals surface area contributed by atoms with Crippen molar-refractivity contribution in [3.05, 3.63) is 59.4 Å². The van der Waals surface area contributed by atoms with E-state index in [1.54, 1.807) is 6.92 Å². The van der Waals surface area contributed by atoms with Crippen LogP contribution in [0.3, 0.4) is 0 Å². The molecule has 0 amide bonds. The van der Waals surface area contributed by atoms with Gasteiger partial charge < -0.3 is 4.18 Å². The summed E-state index contributed by atoms with van der Waals surface area (Å²) in [6.45, 7) is 1.59. The van der Waals surface area contributed by atoms with Gasteiger partial charge >= 0.3 is 10.1 Å². The van der Waals surface area contributed by atoms with Gasteiger partial charge in [-0.15, -0.1) is 0 Å². The van der Waals surface area contributed by atoms with Crippen molar-refractivity contribution >= 4 is 10.1 Å². The van der Waals surface area contributed by atoms with Gasteiger partial charge in [0.15, 0.2) is 11.6 Å². The molecule has 2 rings (SSSR count). The van der Waals surface area contributed by atoms with Crippen molar-refractivity contribution in [1.82, 2.24) is 0 Å². The molecule has 7 heteroatoms. The minimum Gasteiger partial charge on any atom is -0.379 e. The SMILES string of the molecule is Cc1ccc(S(=O)(=O)Oc2ccc(F)c(F)c2)c(F)c1. The van der Waals surface area contributed by atoms with Crippen LogP contribution in [-0.4, -0.2) is 8.42 Å². The number of hydrogen-bond acceptors (Lipinski definition) is 3. The van der Waals surface area contributed by atoms with Crippen molar-refractivity contribution in [2.75, 3.05) is 0 Å². The van der Waals surface area contributed by atoms with Crippen LogP contribution >= 0.6 is 0 Å². The number of rotatable bonds is 3. The summed E-state index contributed by atoms with van der Waals surface area (Å²) in [5, 5.41) is 0. The van der Waals surface area contributed by atoms with E-state index in [1.165, 1.54) is 6.07 Å². The van der Waals surface area contributed by atoms with E-state index in [2.05, 4.69) is 4.18 Å². The Morgan fingerprint density at radius 3 is 2.20 bits per heavy atom. The number of halogens is 3. The highest BCUT2D eigenvalue weighted by atomic mass is 32.2. The van der Waals surface area contributed by atoms with Crippen molar-refractivity contribution in [1.29, 1.82) is 0 Å². The predicted molar refractivity (Wildman–Crippen MR) is 65.3 cm³/mol. The van der Waals surface area contributed by atoms with Crippen molar-refractivity contribution in [3.8, 4) is 5.75 Å². The summed E-state index contributed by atoms with van der Waals surface area (Å²) in [6.07, 6.45) is 0. The van der Waals surface area contributed by atoms with Gasteiger partial charge in [0.05, 0.1) is 0 Å². The molecule has 20 heavy (non-hydrogen) atoms. The van der Waals surface area contributed by atoms with E-state index >= 15 is 0 Å². The number of aryl methyl sites for hydroxylation is 1. The fourth-order valence-corrected chi connectivity index (χ4v) is 2.49. The predicted octanol–water partition coefficient (Wildman–Crippen LogP) is 3.18. The average molecular weight is 302 g/mol. The Morgan fingerprint density at radius 2 is 1.60 bits per heavy atom. The molecule has 0 unspecified atom stereocenters. The Kier molecular flexibility index (Phi) is 3.71. The van der Waals surface area contributed by atoms with E-state index in [0.717, 1.165) is 18.2 Å². The summed E-state index contributed by atoms with van der Waals surface area (Å²) in [5.41, 5.74) is 0.536. The highest BCUT2D eigenvalue weighted by molar-refractivity contribution is 7.87. The van der Waals surface area contributed by atoms with Gasteiger partial charge in [-0.25, -0.2) is 13.2 Å². The van der Waals surface area contributed by atoms with E-state index < -0.39 is 38.2 Å². The van der Waals surface area contributed by atoms with E-state index in [-0.39, 0.29) is 0 Å². The van der Waals surface area contributed by atoms with Crippen LogP contribution in [0, 0.1) is 24.4 Å². The summed E-state index contributed by atoms with van der Waals surface area (Å²) in [5.74, 6) is -3.82. The molecule has 0 atom stereocenters. The third kappa shape index (κ3) is 2.93. The van der Waals surface area contributed by atoms with Crippen molar-refractivity contribution in [2.24, 2.45) is 0 Å². The third-order valence-electron chi connectivity index (χ3n) is 2.45. The lowest BCUT2D eigenvalue weighted by molar-refractivity contribution is 0.465. The quantitative estimate of drug-likeness (QED) is 0.818. The zero-order valence-corrected chi connectivity index (χ0v) is 11.0. The van der Waals surface area contributed by atoms with Crippen LogP contribution in [0.1, 0.15) is 5.56 Å². The maximum absolute atomic E-state index is 13.6. The first-order valence-corrected chi connectivity index (χ1v) is 6.86. The van der Waals surface area contributed by atoms with Gasteiger partial charge in [0.1, 0.15) is 16.5 Å². The van der Waals surface area contributed by atoms with Gasteiger partial charge in [-0.2, -0.15) is 8.42 Å². The van der Waals surface area contributed by atoms with Gasteiger partial charge in [0.25, 0.3) is 0 Å². The first kappa shape index (κ1) is 14.4. The average Bonchev–Trinajstić information content (AvgIpc) is 2.33. The van der Waals surface area contributed by atoms with Crippen molar-refractivity contribution in [3.63, 3.8) is 0 Å². The molecule has 0 aliphatic rings. The molecule has 0 bridgehead atoms. The Bertz CT molecular complexity index is 757. The normalized spacial score (nSPS) is 11.4. The second-order valence-corrected chi connectivity index (χ2v) is 5.56. The van der Waals surface area contributed by atoms with E-state index in [9.17, 15) is 21.6 Å². The molecular formula is C13H9F3O3S. The lowest BCUT2D eigenvalue weighted by Crippen LogP contribution is -2.12. The van der Waals surface area contributed by atoms with Gasteiger partial charge in [-0.1, -0.05) is 6.07 Å². The van der Waals surface area contributed by atoms with Crippen molar-refractivity contribution < 1.29 is 25.8 Å². The van der Waals surface area contributed by atoms with Gasteiger partial charge in [0.2, 0.25) is 0 Å². The molecular weight excluding hydrogens is 293 g/mol. The third-order valence-corrected chi connectivity index (χ3v) is 3.74. The summed E-state index contributed by atoms with van der Waals surface area (Å²) in [6, 6.07) is 5.68. The molecule has 0 spiro atoms. The molecule has 0 radical (unpaired) electrons. The summed E-state index contributed by atoms with van der Waals surface area (Å²) >= 11 is 0. The summed E-state index contributed by atoms with van der Waals surface area (Å²) in [4.78, 5) is -0.673. The molecule has 0 N–H and O–H groups in total. The minimum atomic E-state index is -4.45. The molecule has 106 valence electrons. The van der Waals surface area contributed by atoms with Crippen LogP contribution in [0.25, 0.3) is 0 Å². The zero-order chi connectivity index (χ0) is 14.9. The van der Waals surface area contributed by atoms with Crippen molar-refractivity contribution in [2.45, 2.75) is 11.8 Å². The van der Waals surface area contributed by atoms with Gasteiger partial charge in [-0.05, 0) is 36.8 Å². The molecule has 0 aliphatic heterocycles. The van der Waals surface area contributed by atoms with Crippen LogP contribution in [0.5, 0.6) is 5.75 Å². The highest BCUT2D eigenvalue weighted by Gasteiger charge is 2.22. The lowest BCUT2D eigenvalue weighted by Gasteiger charge is -2.08. The maximum Gasteiger partial charge on any atom is 0.342 e. The molecule has 3 nitrogen and oxygen atoms in total. The van der Waals surface area contributed by atoms with Gasteiger partial charge in [0, 0.05) is 6.07 Å². The molecule has 0 saturated heterocycles. The molecule has 0 aromatic heterocycles. The first-order chi connectivity index (χ1) is 9.29. The second kappa shape index (κ2) is 5.16. The van der Waals surface area contributed by atoms with Crippen LogP contribution in [0.4, 0.5) is 13.2 Å². The number of hydrogen-bond donors (Lipinski definition) is 0. The summed E-state index contributed by atoms with van der Waals surface area (Å²) < 4.78 is 67.6. The fraction of sp³-hybridized carbons (Fsp3) is 0.0769. The molecule has 2 aromatic rings. The largest absolute Gasteiger partial charge is 0.379 e. The molecule has 0 fully saturated rings. The Balaban J connectivity index is 2.38. The van der Waals surface area contributed by atoms with E-state index in [0.29, 0.717) is 17.7 Å². The van der Waals surface area contributed by atoms with Crippen LogP contribution in [-0.2, 0) is 10.1 Å². The monoisotopic (exact) mass is 302 g/mol. The topological polar surface area (TPSA) is 43.4 Å². The molecule has 0 aliphatic carbocycles. The smallest absolute Gasteiger partial charge is 0.342 e. The summed E-state index contributed by atoms with van der Waals surface area (Å²) in [7, 11) is -4.45. The Morgan fingerprint density at radius 1 is 0.900 bits per heavy atom. The lowest BCUT2D eigenvalue weighted by atomic mass is 10.2. The first-order valence-electron chi connectivity index (χ1n) is 5.45. The second-order valence-electron chi connectivity index (χ2n) is 4.05. The Hall–Kier alpha value is -2.02. The standard InChI is InChI=1S/C13H9F3O3S/c1-8-2-5-13(12(16)6-8)20(17,18)19-9-3-4-10(14)11(15)7-9/h2-7H,1H3. The fourth-order valence-electron chi connectivity index (χ4n) is 1.51. The minimum absolute atomic E-state index is 0.441. The van der Waals surface area contributed by atoms with E-state index in [4.69, 9.17) is 0 Å². The maximum atomic E-state index is 13.6.